The number of aromatic nitrogens is 1. The van der Waals surface area contributed by atoms with Gasteiger partial charge >= 0.3 is 0 Å². The maximum Gasteiger partial charge on any atom is 0.229 e. The fourth-order valence-corrected chi connectivity index (χ4v) is 3.58. The molecule has 0 unspecified atom stereocenters. The molecule has 0 atom stereocenters. The van der Waals surface area contributed by atoms with E-state index in [0.29, 0.717) is 22.9 Å². The first-order chi connectivity index (χ1) is 9.89. The average molecular weight is 308 g/mol. The molecule has 0 saturated heterocycles. The Labute approximate surface area is 125 Å². The molecule has 0 aliphatic heterocycles. The van der Waals surface area contributed by atoms with Crippen molar-refractivity contribution < 1.29 is 13.2 Å². The molecule has 1 aromatic heterocycles. The van der Waals surface area contributed by atoms with Gasteiger partial charge in [0.05, 0.1) is 25.2 Å². The highest BCUT2D eigenvalue weighted by Gasteiger charge is 2.51. The number of anilines is 1. The maximum atomic E-state index is 11.3. The van der Waals surface area contributed by atoms with E-state index in [9.17, 15) is 8.42 Å². The van der Waals surface area contributed by atoms with Crippen molar-refractivity contribution in [3.05, 3.63) is 23.9 Å². The van der Waals surface area contributed by atoms with Gasteiger partial charge in [-0.1, -0.05) is 12.2 Å². The molecule has 5 nitrogen and oxygen atoms in total. The van der Waals surface area contributed by atoms with Crippen LogP contribution in [0.25, 0.3) is 6.08 Å². The average Bonchev–Trinajstić information content (AvgIpc) is 3.13. The second-order valence-corrected chi connectivity index (χ2v) is 7.97. The van der Waals surface area contributed by atoms with E-state index in [2.05, 4.69) is 15.8 Å². The molecule has 0 aromatic carbocycles. The number of nitrogens with zero attached hydrogens (tertiary/aromatic N) is 1. The molecule has 1 aromatic rings. The van der Waals surface area contributed by atoms with Crippen molar-refractivity contribution in [2.24, 2.45) is 11.3 Å². The molecule has 2 aliphatic carbocycles. The second kappa shape index (κ2) is 5.02. The van der Waals surface area contributed by atoms with Crippen molar-refractivity contribution in [1.29, 1.82) is 0 Å². The fraction of sp³-hybridized carbons (Fsp3) is 0.533. The summed E-state index contributed by atoms with van der Waals surface area (Å²) in [5.41, 5.74) is 1.92. The monoisotopic (exact) mass is 308 g/mol. The first-order valence-electron chi connectivity index (χ1n) is 7.09. The Morgan fingerprint density at radius 3 is 2.71 bits per heavy atom. The van der Waals surface area contributed by atoms with Gasteiger partial charge in [-0.3, -0.25) is 4.72 Å². The molecular weight excluding hydrogens is 288 g/mol. The number of allylic oxidation sites excluding steroid dienone is 1. The van der Waals surface area contributed by atoms with E-state index in [4.69, 9.17) is 4.74 Å². The van der Waals surface area contributed by atoms with E-state index < -0.39 is 10.0 Å². The molecule has 114 valence electrons. The predicted octanol–water partition coefficient (Wildman–Crippen LogP) is 2.67. The van der Waals surface area contributed by atoms with Crippen LogP contribution in [0, 0.1) is 11.3 Å². The molecule has 0 amide bonds. The Morgan fingerprint density at radius 1 is 1.43 bits per heavy atom. The number of nitrogens with one attached hydrogen (secondary N) is 1. The first kappa shape index (κ1) is 14.4. The summed E-state index contributed by atoms with van der Waals surface area (Å²) in [5.74, 6) is 1.13. The van der Waals surface area contributed by atoms with Crippen molar-refractivity contribution in [1.82, 2.24) is 4.98 Å². The molecule has 3 rings (SSSR count). The van der Waals surface area contributed by atoms with E-state index in [1.807, 2.05) is 6.08 Å². The van der Waals surface area contributed by atoms with Gasteiger partial charge in [-0.15, -0.1) is 0 Å². The number of hydrogen-bond donors (Lipinski definition) is 1. The van der Waals surface area contributed by atoms with Crippen molar-refractivity contribution >= 4 is 21.8 Å². The molecule has 1 heterocycles. The summed E-state index contributed by atoms with van der Waals surface area (Å²) in [6.07, 6.45) is 12.1. The van der Waals surface area contributed by atoms with Gasteiger partial charge < -0.3 is 4.74 Å². The van der Waals surface area contributed by atoms with Crippen LogP contribution in [-0.2, 0) is 10.0 Å². The topological polar surface area (TPSA) is 68.3 Å². The van der Waals surface area contributed by atoms with E-state index >= 15 is 0 Å². The number of rotatable bonds is 5. The highest BCUT2D eigenvalue weighted by atomic mass is 32.2. The largest absolute Gasteiger partial charge is 0.481 e. The van der Waals surface area contributed by atoms with Gasteiger partial charge in [0.1, 0.15) is 0 Å². The third-order valence-electron chi connectivity index (χ3n) is 4.27. The summed E-state index contributed by atoms with van der Waals surface area (Å²) in [6.45, 7) is 0. The first-order valence-corrected chi connectivity index (χ1v) is 8.98. The lowest BCUT2D eigenvalue weighted by Gasteiger charge is -2.33. The smallest absolute Gasteiger partial charge is 0.229 e. The highest BCUT2D eigenvalue weighted by Crippen LogP contribution is 2.63. The number of hydrogen-bond acceptors (Lipinski definition) is 4. The summed E-state index contributed by atoms with van der Waals surface area (Å²) in [5, 5.41) is 0. The van der Waals surface area contributed by atoms with Gasteiger partial charge in [-0.05, 0) is 43.1 Å². The standard InChI is InChI=1S/C15H20N2O3S/c1-20-14-12(4-3-11-8-15(9-11)5-6-15)7-13(10-16-14)17-21(2,18)19/h3-4,7,10-11,17H,5-6,8-9H2,1-2H3/b4-3+. The van der Waals surface area contributed by atoms with Crippen LogP contribution in [0.5, 0.6) is 5.88 Å². The Morgan fingerprint density at radius 2 is 2.14 bits per heavy atom. The quantitative estimate of drug-likeness (QED) is 0.908. The van der Waals surface area contributed by atoms with Crippen LogP contribution in [0.1, 0.15) is 31.2 Å². The van der Waals surface area contributed by atoms with Crippen LogP contribution in [0.15, 0.2) is 18.3 Å². The van der Waals surface area contributed by atoms with Gasteiger partial charge in [0, 0.05) is 5.56 Å². The Balaban J connectivity index is 1.75. The molecule has 0 radical (unpaired) electrons. The number of ether oxygens (including phenoxy) is 1. The second-order valence-electron chi connectivity index (χ2n) is 6.22. The highest BCUT2D eigenvalue weighted by molar-refractivity contribution is 7.92. The summed E-state index contributed by atoms with van der Waals surface area (Å²) >= 11 is 0. The Bertz CT molecular complexity index is 670. The maximum absolute atomic E-state index is 11.3. The molecule has 21 heavy (non-hydrogen) atoms. The minimum atomic E-state index is -3.30. The molecule has 2 saturated carbocycles. The van der Waals surface area contributed by atoms with E-state index in [0.717, 1.165) is 11.8 Å². The number of methoxy groups -OCH3 is 1. The zero-order valence-corrected chi connectivity index (χ0v) is 13.1. The Kier molecular flexibility index (Phi) is 3.43. The van der Waals surface area contributed by atoms with Crippen LogP contribution in [0.2, 0.25) is 0 Å². The number of sulfonamides is 1. The van der Waals surface area contributed by atoms with Crippen molar-refractivity contribution in [3.63, 3.8) is 0 Å². The lowest BCUT2D eigenvalue weighted by atomic mass is 9.72. The zero-order valence-electron chi connectivity index (χ0n) is 12.3. The molecular formula is C15H20N2O3S. The fourth-order valence-electron chi connectivity index (χ4n) is 3.04. The minimum absolute atomic E-state index is 0.449. The summed E-state index contributed by atoms with van der Waals surface area (Å²) in [4.78, 5) is 4.14. The molecule has 1 N–H and O–H groups in total. The lowest BCUT2D eigenvalue weighted by Crippen LogP contribution is -2.22. The molecule has 0 bridgehead atoms. The molecule has 6 heteroatoms. The van der Waals surface area contributed by atoms with Gasteiger partial charge in [0.25, 0.3) is 0 Å². The van der Waals surface area contributed by atoms with Gasteiger partial charge in [-0.2, -0.15) is 0 Å². The van der Waals surface area contributed by atoms with E-state index in [1.165, 1.54) is 31.9 Å². The SMILES string of the molecule is COc1ncc(NS(C)(=O)=O)cc1/C=C/C1CC2(CC2)C1. The zero-order chi connectivity index (χ0) is 15.1. The van der Waals surface area contributed by atoms with Crippen molar-refractivity contribution in [2.75, 3.05) is 18.1 Å². The van der Waals surface area contributed by atoms with E-state index in [-0.39, 0.29) is 0 Å². The summed E-state index contributed by atoms with van der Waals surface area (Å²) in [7, 11) is -1.74. The third-order valence-corrected chi connectivity index (χ3v) is 4.88. The molecule has 2 aliphatic rings. The van der Waals surface area contributed by atoms with Crippen molar-refractivity contribution in [2.45, 2.75) is 25.7 Å². The lowest BCUT2D eigenvalue weighted by molar-refractivity contribution is 0.214. The minimum Gasteiger partial charge on any atom is -0.481 e. The summed E-state index contributed by atoms with van der Waals surface area (Å²) < 4.78 is 30.2. The van der Waals surface area contributed by atoms with Gasteiger partial charge in [0.2, 0.25) is 15.9 Å². The predicted molar refractivity (Wildman–Crippen MR) is 82.7 cm³/mol. The summed E-state index contributed by atoms with van der Waals surface area (Å²) in [6, 6.07) is 1.74. The Hall–Kier alpha value is -1.56. The van der Waals surface area contributed by atoms with Crippen LogP contribution in [0.4, 0.5) is 5.69 Å². The normalized spacial score (nSPS) is 20.5. The van der Waals surface area contributed by atoms with Gasteiger partial charge in [0.15, 0.2) is 0 Å². The van der Waals surface area contributed by atoms with Crippen LogP contribution >= 0.6 is 0 Å². The van der Waals surface area contributed by atoms with Crippen LogP contribution in [0.3, 0.4) is 0 Å². The number of pyridine rings is 1. The van der Waals surface area contributed by atoms with Crippen LogP contribution < -0.4 is 9.46 Å². The van der Waals surface area contributed by atoms with Crippen LogP contribution in [-0.4, -0.2) is 26.8 Å². The van der Waals surface area contributed by atoms with Crippen molar-refractivity contribution in [3.8, 4) is 5.88 Å². The molecule has 1 spiro atoms. The molecule has 2 fully saturated rings. The third kappa shape index (κ3) is 3.37. The van der Waals surface area contributed by atoms with E-state index in [1.54, 1.807) is 13.2 Å². The van der Waals surface area contributed by atoms with Gasteiger partial charge in [-0.25, -0.2) is 13.4 Å².